The van der Waals surface area contributed by atoms with Gasteiger partial charge in [-0.05, 0) is 18.1 Å². The van der Waals surface area contributed by atoms with Crippen LogP contribution in [-0.2, 0) is 6.42 Å². The Hall–Kier alpha value is -1.61. The maximum absolute atomic E-state index is 8.81. The van der Waals surface area contributed by atoms with E-state index in [0.29, 0.717) is 6.42 Å². The van der Waals surface area contributed by atoms with Crippen molar-refractivity contribution in [2.45, 2.75) is 6.42 Å². The van der Waals surface area contributed by atoms with E-state index in [1.165, 1.54) is 0 Å². The minimum atomic E-state index is 0.169. The number of aromatic nitrogens is 1. The van der Waals surface area contributed by atoms with Gasteiger partial charge in [-0.15, -0.1) is 0 Å². The molecule has 0 aliphatic carbocycles. The van der Waals surface area contributed by atoms with Crippen molar-refractivity contribution in [1.82, 2.24) is 5.16 Å². The summed E-state index contributed by atoms with van der Waals surface area (Å²) < 4.78 is 4.77. The Morgan fingerprint density at radius 1 is 1.29 bits per heavy atom. The predicted octanol–water partition coefficient (Wildman–Crippen LogP) is 1.88. The van der Waals surface area contributed by atoms with Gasteiger partial charge >= 0.3 is 0 Å². The third kappa shape index (κ3) is 1.83. The van der Waals surface area contributed by atoms with E-state index in [4.69, 9.17) is 9.63 Å². The van der Waals surface area contributed by atoms with Gasteiger partial charge in [-0.2, -0.15) is 0 Å². The molecule has 0 aliphatic heterocycles. The Morgan fingerprint density at radius 3 is 2.93 bits per heavy atom. The van der Waals surface area contributed by atoms with Gasteiger partial charge in [0.2, 0.25) is 0 Å². The van der Waals surface area contributed by atoms with E-state index in [1.807, 2.05) is 30.3 Å². The summed E-state index contributed by atoms with van der Waals surface area (Å²) in [5, 5.41) is 12.7. The number of aliphatic hydroxyl groups excluding tert-OH is 1. The number of hydrogen-bond donors (Lipinski definition) is 1. The topological polar surface area (TPSA) is 46.3 Å². The lowest BCUT2D eigenvalue weighted by Gasteiger charge is -2.00. The van der Waals surface area contributed by atoms with Crippen LogP contribution in [0.25, 0.3) is 11.3 Å². The Morgan fingerprint density at radius 2 is 2.21 bits per heavy atom. The molecule has 1 heterocycles. The molecule has 3 nitrogen and oxygen atoms in total. The zero-order valence-corrected chi connectivity index (χ0v) is 7.68. The molecule has 1 aromatic heterocycles. The third-order valence-corrected chi connectivity index (χ3v) is 2.06. The molecule has 0 radical (unpaired) electrons. The maximum atomic E-state index is 8.81. The van der Waals surface area contributed by atoms with Gasteiger partial charge in [0.15, 0.2) is 0 Å². The van der Waals surface area contributed by atoms with Gasteiger partial charge < -0.3 is 9.63 Å². The standard InChI is InChI=1S/C11H11NO2/c13-6-4-9-2-1-3-10(8-9)11-5-7-14-12-11/h1-3,5,7-8,13H,4,6H2. The van der Waals surface area contributed by atoms with Crippen LogP contribution in [0.5, 0.6) is 0 Å². The molecule has 14 heavy (non-hydrogen) atoms. The van der Waals surface area contributed by atoms with E-state index in [2.05, 4.69) is 5.16 Å². The largest absolute Gasteiger partial charge is 0.396 e. The van der Waals surface area contributed by atoms with Crippen LogP contribution >= 0.6 is 0 Å². The zero-order valence-electron chi connectivity index (χ0n) is 7.68. The molecule has 0 saturated carbocycles. The fraction of sp³-hybridized carbons (Fsp3) is 0.182. The normalized spacial score (nSPS) is 10.4. The Balaban J connectivity index is 2.31. The molecule has 2 rings (SSSR count). The van der Waals surface area contributed by atoms with Crippen molar-refractivity contribution in [1.29, 1.82) is 0 Å². The first-order valence-corrected chi connectivity index (χ1v) is 4.51. The smallest absolute Gasteiger partial charge is 0.124 e. The van der Waals surface area contributed by atoms with Crippen molar-refractivity contribution < 1.29 is 9.63 Å². The summed E-state index contributed by atoms with van der Waals surface area (Å²) in [4.78, 5) is 0. The minimum Gasteiger partial charge on any atom is -0.396 e. The average molecular weight is 189 g/mol. The first-order chi connectivity index (χ1) is 6.90. The van der Waals surface area contributed by atoms with Crippen LogP contribution in [0.2, 0.25) is 0 Å². The van der Waals surface area contributed by atoms with Crippen LogP contribution in [-0.4, -0.2) is 16.9 Å². The van der Waals surface area contributed by atoms with E-state index in [1.54, 1.807) is 6.26 Å². The first kappa shape index (κ1) is 8.97. The monoisotopic (exact) mass is 189 g/mol. The molecule has 0 unspecified atom stereocenters. The van der Waals surface area contributed by atoms with E-state index in [9.17, 15) is 0 Å². The predicted molar refractivity (Wildman–Crippen MR) is 52.7 cm³/mol. The molecular weight excluding hydrogens is 178 g/mol. The summed E-state index contributed by atoms with van der Waals surface area (Å²) in [6.07, 6.45) is 2.22. The second-order valence-corrected chi connectivity index (χ2v) is 3.06. The molecule has 1 aromatic carbocycles. The van der Waals surface area contributed by atoms with Crippen LogP contribution in [0.3, 0.4) is 0 Å². The summed E-state index contributed by atoms with van der Waals surface area (Å²) in [7, 11) is 0. The van der Waals surface area contributed by atoms with Crippen LogP contribution in [0.1, 0.15) is 5.56 Å². The highest BCUT2D eigenvalue weighted by molar-refractivity contribution is 5.58. The van der Waals surface area contributed by atoms with Crippen LogP contribution in [0.15, 0.2) is 41.1 Å². The van der Waals surface area contributed by atoms with Gasteiger partial charge in [0.1, 0.15) is 12.0 Å². The highest BCUT2D eigenvalue weighted by atomic mass is 16.5. The van der Waals surface area contributed by atoms with Crippen LogP contribution < -0.4 is 0 Å². The molecule has 0 bridgehead atoms. The van der Waals surface area contributed by atoms with Gasteiger partial charge in [-0.1, -0.05) is 23.4 Å². The van der Waals surface area contributed by atoms with Crippen molar-refractivity contribution in [3.05, 3.63) is 42.2 Å². The number of rotatable bonds is 3. The number of aliphatic hydroxyl groups is 1. The van der Waals surface area contributed by atoms with E-state index in [0.717, 1.165) is 16.8 Å². The maximum Gasteiger partial charge on any atom is 0.124 e. The van der Waals surface area contributed by atoms with Crippen LogP contribution in [0, 0.1) is 0 Å². The number of benzene rings is 1. The molecule has 72 valence electrons. The van der Waals surface area contributed by atoms with Gasteiger partial charge in [0, 0.05) is 18.2 Å². The second kappa shape index (κ2) is 4.07. The van der Waals surface area contributed by atoms with Crippen molar-refractivity contribution in [2.75, 3.05) is 6.61 Å². The Kier molecular flexibility index (Phi) is 2.60. The fourth-order valence-electron chi connectivity index (χ4n) is 1.38. The lowest BCUT2D eigenvalue weighted by Crippen LogP contribution is -1.90. The summed E-state index contributed by atoms with van der Waals surface area (Å²) in [6.45, 7) is 0.169. The molecule has 3 heteroatoms. The second-order valence-electron chi connectivity index (χ2n) is 3.06. The quantitative estimate of drug-likeness (QED) is 0.801. The Labute approximate surface area is 82.0 Å². The van der Waals surface area contributed by atoms with E-state index < -0.39 is 0 Å². The summed E-state index contributed by atoms with van der Waals surface area (Å²) in [6, 6.07) is 9.74. The molecular formula is C11H11NO2. The summed E-state index contributed by atoms with van der Waals surface area (Å²) in [5.41, 5.74) is 2.95. The van der Waals surface area contributed by atoms with E-state index >= 15 is 0 Å². The molecule has 0 saturated heterocycles. The van der Waals surface area contributed by atoms with Crippen LogP contribution in [0.4, 0.5) is 0 Å². The molecule has 0 spiro atoms. The molecule has 0 fully saturated rings. The molecule has 2 aromatic rings. The van der Waals surface area contributed by atoms with Crippen molar-refractivity contribution >= 4 is 0 Å². The average Bonchev–Trinajstić information content (AvgIpc) is 2.71. The van der Waals surface area contributed by atoms with Gasteiger partial charge in [-0.25, -0.2) is 0 Å². The highest BCUT2D eigenvalue weighted by Crippen LogP contribution is 2.18. The zero-order chi connectivity index (χ0) is 9.80. The summed E-state index contributed by atoms with van der Waals surface area (Å²) in [5.74, 6) is 0. The van der Waals surface area contributed by atoms with E-state index in [-0.39, 0.29) is 6.61 Å². The summed E-state index contributed by atoms with van der Waals surface area (Å²) >= 11 is 0. The third-order valence-electron chi connectivity index (χ3n) is 2.06. The first-order valence-electron chi connectivity index (χ1n) is 4.51. The molecule has 0 amide bonds. The molecule has 1 N–H and O–H groups in total. The lowest BCUT2D eigenvalue weighted by atomic mass is 10.1. The minimum absolute atomic E-state index is 0.169. The van der Waals surface area contributed by atoms with Crippen molar-refractivity contribution in [3.8, 4) is 11.3 Å². The van der Waals surface area contributed by atoms with Gasteiger partial charge in [0.05, 0.1) is 0 Å². The Bertz CT molecular complexity index is 395. The fourth-order valence-corrected chi connectivity index (χ4v) is 1.38. The molecule has 0 atom stereocenters. The van der Waals surface area contributed by atoms with Crippen molar-refractivity contribution in [3.63, 3.8) is 0 Å². The van der Waals surface area contributed by atoms with Gasteiger partial charge in [-0.3, -0.25) is 0 Å². The lowest BCUT2D eigenvalue weighted by molar-refractivity contribution is 0.299. The number of nitrogens with zero attached hydrogens (tertiary/aromatic N) is 1. The van der Waals surface area contributed by atoms with Crippen molar-refractivity contribution in [2.24, 2.45) is 0 Å². The SMILES string of the molecule is OCCc1cccc(-c2ccon2)c1. The number of hydrogen-bond acceptors (Lipinski definition) is 3. The highest BCUT2D eigenvalue weighted by Gasteiger charge is 2.01. The van der Waals surface area contributed by atoms with Gasteiger partial charge in [0.25, 0.3) is 0 Å². The molecule has 0 aliphatic rings.